The number of ketones is 1. The minimum atomic E-state index is -0.661. The van der Waals surface area contributed by atoms with Gasteiger partial charge in [-0.05, 0) is 36.3 Å². The molecule has 1 heterocycles. The molecule has 1 aliphatic carbocycles. The summed E-state index contributed by atoms with van der Waals surface area (Å²) in [6.45, 7) is 8.09. The molecule has 0 spiro atoms. The summed E-state index contributed by atoms with van der Waals surface area (Å²) in [5, 5.41) is 13.0. The van der Waals surface area contributed by atoms with Gasteiger partial charge in [0.15, 0.2) is 5.78 Å². The first-order chi connectivity index (χ1) is 14.1. The van der Waals surface area contributed by atoms with E-state index in [1.807, 2.05) is 57.5 Å². The van der Waals surface area contributed by atoms with Gasteiger partial charge in [0, 0.05) is 12.5 Å². The van der Waals surface area contributed by atoms with E-state index in [0.717, 1.165) is 21.7 Å². The van der Waals surface area contributed by atoms with Crippen LogP contribution in [-0.4, -0.2) is 33.9 Å². The van der Waals surface area contributed by atoms with Crippen LogP contribution in [0.25, 0.3) is 10.4 Å². The molecular formula is C23H31N3O3S. The molecule has 1 saturated carbocycles. The van der Waals surface area contributed by atoms with Gasteiger partial charge in [-0.3, -0.25) is 9.59 Å². The number of hydrogen-bond donors (Lipinski definition) is 3. The van der Waals surface area contributed by atoms with Crippen molar-refractivity contribution in [1.82, 2.24) is 10.3 Å². The molecule has 1 aliphatic rings. The number of amides is 1. The van der Waals surface area contributed by atoms with Crippen molar-refractivity contribution in [2.75, 3.05) is 0 Å². The normalized spacial score (nSPS) is 22.7. The fourth-order valence-electron chi connectivity index (χ4n) is 3.95. The summed E-state index contributed by atoms with van der Waals surface area (Å²) in [5.41, 5.74) is 10.7. The summed E-state index contributed by atoms with van der Waals surface area (Å²) in [6, 6.07) is 7.35. The molecular weight excluding hydrogens is 398 g/mol. The zero-order valence-electron chi connectivity index (χ0n) is 18.0. The highest BCUT2D eigenvalue weighted by Crippen LogP contribution is 2.36. The van der Waals surface area contributed by atoms with Gasteiger partial charge in [-0.2, -0.15) is 0 Å². The van der Waals surface area contributed by atoms with Crippen LogP contribution in [0.2, 0.25) is 0 Å². The van der Waals surface area contributed by atoms with Gasteiger partial charge in [0.05, 0.1) is 34.1 Å². The number of Topliss-reactive ketones (excluding diaryl/α,β-unsaturated/α-hetero) is 1. The summed E-state index contributed by atoms with van der Waals surface area (Å²) in [5.74, 6) is -1.41. The van der Waals surface area contributed by atoms with E-state index in [9.17, 15) is 14.7 Å². The third kappa shape index (κ3) is 4.96. The number of aryl methyl sites for hydroxylation is 1. The Bertz CT molecular complexity index is 901. The van der Waals surface area contributed by atoms with E-state index in [4.69, 9.17) is 5.73 Å². The monoisotopic (exact) mass is 429 g/mol. The van der Waals surface area contributed by atoms with Crippen molar-refractivity contribution in [3.63, 3.8) is 0 Å². The molecule has 30 heavy (non-hydrogen) atoms. The zero-order chi connectivity index (χ0) is 22.1. The number of aromatic nitrogens is 1. The molecule has 4 atom stereocenters. The van der Waals surface area contributed by atoms with Crippen molar-refractivity contribution in [3.8, 4) is 10.4 Å². The van der Waals surface area contributed by atoms with Crippen molar-refractivity contribution in [2.45, 2.75) is 59.2 Å². The van der Waals surface area contributed by atoms with Crippen LogP contribution in [0.5, 0.6) is 0 Å². The average Bonchev–Trinajstić information content (AvgIpc) is 3.30. The first-order valence-corrected chi connectivity index (χ1v) is 11.2. The fourth-order valence-corrected chi connectivity index (χ4v) is 4.76. The van der Waals surface area contributed by atoms with Gasteiger partial charge in [0.1, 0.15) is 0 Å². The number of rotatable bonds is 6. The van der Waals surface area contributed by atoms with E-state index >= 15 is 0 Å². The van der Waals surface area contributed by atoms with Crippen molar-refractivity contribution < 1.29 is 14.7 Å². The van der Waals surface area contributed by atoms with Gasteiger partial charge in [-0.1, -0.05) is 45.0 Å². The van der Waals surface area contributed by atoms with Crippen LogP contribution in [0.15, 0.2) is 29.8 Å². The molecule has 1 aromatic heterocycles. The van der Waals surface area contributed by atoms with Crippen LogP contribution in [0.1, 0.15) is 44.9 Å². The predicted octanol–water partition coefficient (Wildman–Crippen LogP) is 3.06. The maximum Gasteiger partial charge on any atom is 0.224 e. The standard InChI is InChI=1S/C23H31N3O3S/c1-13-20(30-12-26-13)15-7-5-14(6-8-15)11-25-22(29)18-10-16(27)9-17(18)19(28)21(24)23(2,3)4/h5-8,12,16-18,21,27H,9-11,24H2,1-4H3,(H,25,29)/t16?,17?,18?,21-/m1/s1. The molecule has 7 heteroatoms. The van der Waals surface area contributed by atoms with E-state index in [-0.39, 0.29) is 17.1 Å². The fraction of sp³-hybridized carbons (Fsp3) is 0.522. The Balaban J connectivity index is 1.63. The van der Waals surface area contributed by atoms with Crippen LogP contribution in [0, 0.1) is 24.2 Å². The third-order valence-corrected chi connectivity index (χ3v) is 6.89. The van der Waals surface area contributed by atoms with Crippen molar-refractivity contribution in [3.05, 3.63) is 41.0 Å². The predicted molar refractivity (Wildman–Crippen MR) is 119 cm³/mol. The maximum absolute atomic E-state index is 12.9. The quantitative estimate of drug-likeness (QED) is 0.654. The van der Waals surface area contributed by atoms with Crippen molar-refractivity contribution in [2.24, 2.45) is 23.0 Å². The first kappa shape index (κ1) is 22.6. The number of benzene rings is 1. The molecule has 0 radical (unpaired) electrons. The summed E-state index contributed by atoms with van der Waals surface area (Å²) >= 11 is 1.60. The van der Waals surface area contributed by atoms with Crippen LogP contribution in [0.4, 0.5) is 0 Å². The molecule has 3 rings (SSSR count). The van der Waals surface area contributed by atoms with Gasteiger partial charge >= 0.3 is 0 Å². The average molecular weight is 430 g/mol. The minimum absolute atomic E-state index is 0.136. The number of aliphatic hydroxyl groups excluding tert-OH is 1. The molecule has 6 nitrogen and oxygen atoms in total. The molecule has 1 aromatic carbocycles. The smallest absolute Gasteiger partial charge is 0.224 e. The van der Waals surface area contributed by atoms with Gasteiger partial charge in [-0.25, -0.2) is 4.98 Å². The molecule has 0 aliphatic heterocycles. The van der Waals surface area contributed by atoms with Crippen molar-refractivity contribution >= 4 is 23.0 Å². The number of hydrogen-bond acceptors (Lipinski definition) is 6. The molecule has 0 bridgehead atoms. The molecule has 3 unspecified atom stereocenters. The van der Waals surface area contributed by atoms with Crippen LogP contribution in [-0.2, 0) is 16.1 Å². The first-order valence-electron chi connectivity index (χ1n) is 10.3. The number of nitrogens with one attached hydrogen (secondary N) is 1. The SMILES string of the molecule is Cc1ncsc1-c1ccc(CNC(=O)C2CC(O)CC2C(=O)[C@@H](N)C(C)(C)C)cc1. The maximum atomic E-state index is 12.9. The molecule has 162 valence electrons. The van der Waals surface area contributed by atoms with E-state index in [1.54, 1.807) is 11.3 Å². The molecule has 1 amide bonds. The van der Waals surface area contributed by atoms with Crippen LogP contribution < -0.4 is 11.1 Å². The van der Waals surface area contributed by atoms with Gasteiger partial charge < -0.3 is 16.2 Å². The largest absolute Gasteiger partial charge is 0.393 e. The molecule has 0 saturated heterocycles. The van der Waals surface area contributed by atoms with E-state index in [0.29, 0.717) is 19.4 Å². The Morgan fingerprint density at radius 3 is 2.43 bits per heavy atom. The Morgan fingerprint density at radius 1 is 1.23 bits per heavy atom. The summed E-state index contributed by atoms with van der Waals surface area (Å²) in [7, 11) is 0. The van der Waals surface area contributed by atoms with Gasteiger partial charge in [0.2, 0.25) is 5.91 Å². The Labute approximate surface area is 181 Å². The summed E-state index contributed by atoms with van der Waals surface area (Å²) < 4.78 is 0. The Hall–Kier alpha value is -2.09. The minimum Gasteiger partial charge on any atom is -0.393 e. The van der Waals surface area contributed by atoms with Crippen molar-refractivity contribution in [1.29, 1.82) is 0 Å². The number of aliphatic hydroxyl groups is 1. The lowest BCUT2D eigenvalue weighted by Crippen LogP contribution is -2.47. The highest BCUT2D eigenvalue weighted by molar-refractivity contribution is 7.13. The topological polar surface area (TPSA) is 105 Å². The highest BCUT2D eigenvalue weighted by Gasteiger charge is 2.45. The number of thiazole rings is 1. The number of nitrogens with zero attached hydrogens (tertiary/aromatic N) is 1. The number of carbonyl (C=O) groups excluding carboxylic acids is 2. The number of carbonyl (C=O) groups is 2. The lowest BCUT2D eigenvalue weighted by Gasteiger charge is -2.29. The summed E-state index contributed by atoms with van der Waals surface area (Å²) in [6.07, 6.45) is -0.0597. The second-order valence-corrected chi connectivity index (χ2v) is 10.1. The Morgan fingerprint density at radius 2 is 1.87 bits per heavy atom. The second-order valence-electron chi connectivity index (χ2n) is 9.27. The van der Waals surface area contributed by atoms with Crippen LogP contribution >= 0.6 is 11.3 Å². The highest BCUT2D eigenvalue weighted by atomic mass is 32.1. The van der Waals surface area contributed by atoms with Gasteiger partial charge in [-0.15, -0.1) is 11.3 Å². The number of nitrogens with two attached hydrogens (primary N) is 1. The van der Waals surface area contributed by atoms with E-state index in [1.165, 1.54) is 0 Å². The van der Waals surface area contributed by atoms with E-state index < -0.39 is 24.0 Å². The van der Waals surface area contributed by atoms with E-state index in [2.05, 4.69) is 10.3 Å². The zero-order valence-corrected chi connectivity index (χ0v) is 18.8. The summed E-state index contributed by atoms with van der Waals surface area (Å²) in [4.78, 5) is 31.1. The molecule has 4 N–H and O–H groups in total. The van der Waals surface area contributed by atoms with Crippen LogP contribution in [0.3, 0.4) is 0 Å². The van der Waals surface area contributed by atoms with Gasteiger partial charge in [0.25, 0.3) is 0 Å². The lowest BCUT2D eigenvalue weighted by molar-refractivity contribution is -0.134. The lowest BCUT2D eigenvalue weighted by atomic mass is 9.78. The third-order valence-electron chi connectivity index (χ3n) is 5.91. The second kappa shape index (κ2) is 8.96. The molecule has 1 fully saturated rings. The molecule has 2 aromatic rings. The Kier molecular flexibility index (Phi) is 6.75.